The Bertz CT molecular complexity index is 1070. The first-order chi connectivity index (χ1) is 17.5. The number of hydrogen-bond donors (Lipinski definition) is 1. The molecule has 5 aliphatic rings. The second-order valence-corrected chi connectivity index (χ2v) is 11.7. The zero-order valence-electron chi connectivity index (χ0n) is 21.2. The Morgan fingerprint density at radius 2 is 1.44 bits per heavy atom. The van der Waals surface area contributed by atoms with Gasteiger partial charge < -0.3 is 19.9 Å². The maximum absolute atomic E-state index is 13.0. The quantitative estimate of drug-likeness (QED) is 0.608. The topological polar surface area (TPSA) is 61.9 Å². The number of carbonyl (C=O) groups excluding carboxylic acids is 2. The maximum atomic E-state index is 13.0. The van der Waals surface area contributed by atoms with Crippen molar-refractivity contribution in [3.8, 4) is 5.75 Å². The van der Waals surface area contributed by atoms with Crippen LogP contribution in [0.3, 0.4) is 0 Å². The summed E-state index contributed by atoms with van der Waals surface area (Å²) in [6.45, 7) is 2.96. The van der Waals surface area contributed by atoms with E-state index in [1.807, 2.05) is 41.3 Å². The molecule has 4 saturated carbocycles. The Labute approximate surface area is 214 Å². The van der Waals surface area contributed by atoms with Gasteiger partial charge in [-0.2, -0.15) is 0 Å². The lowest BCUT2D eigenvalue weighted by atomic mass is 9.49. The molecule has 6 heteroatoms. The van der Waals surface area contributed by atoms with E-state index in [9.17, 15) is 9.59 Å². The summed E-state index contributed by atoms with van der Waals surface area (Å²) in [5.41, 5.74) is 2.96. The molecule has 2 aromatic rings. The second kappa shape index (κ2) is 9.45. The summed E-state index contributed by atoms with van der Waals surface area (Å²) in [5, 5.41) is 3.18. The van der Waals surface area contributed by atoms with E-state index in [2.05, 4.69) is 22.3 Å². The number of piperazine rings is 1. The molecule has 0 aromatic heterocycles. The first-order valence-electron chi connectivity index (χ1n) is 13.6. The highest BCUT2D eigenvalue weighted by molar-refractivity contribution is 5.94. The largest absolute Gasteiger partial charge is 0.497 e. The molecule has 4 aliphatic carbocycles. The van der Waals surface area contributed by atoms with Crippen LogP contribution in [0.2, 0.25) is 0 Å². The number of nitrogens with zero attached hydrogens (tertiary/aromatic N) is 2. The van der Waals surface area contributed by atoms with Gasteiger partial charge in [0, 0.05) is 49.5 Å². The van der Waals surface area contributed by atoms with Crippen LogP contribution in [0.1, 0.15) is 55.3 Å². The van der Waals surface area contributed by atoms with Crippen LogP contribution in [-0.2, 0) is 4.79 Å². The fourth-order valence-electron chi connectivity index (χ4n) is 7.89. The van der Waals surface area contributed by atoms with Gasteiger partial charge in [0.2, 0.25) is 5.91 Å². The molecule has 1 saturated heterocycles. The van der Waals surface area contributed by atoms with Gasteiger partial charge in [-0.1, -0.05) is 0 Å². The molecular formula is C30H37N3O3. The number of amides is 2. The molecule has 6 nitrogen and oxygen atoms in total. The van der Waals surface area contributed by atoms with Gasteiger partial charge in [-0.25, -0.2) is 0 Å². The summed E-state index contributed by atoms with van der Waals surface area (Å²) < 4.78 is 5.19. The van der Waals surface area contributed by atoms with E-state index in [0.717, 1.165) is 48.0 Å². The van der Waals surface area contributed by atoms with Crippen molar-refractivity contribution in [2.45, 2.75) is 44.9 Å². The van der Waals surface area contributed by atoms with Crippen LogP contribution >= 0.6 is 0 Å². The van der Waals surface area contributed by atoms with Crippen LogP contribution in [0.25, 0.3) is 0 Å². The fourth-order valence-corrected chi connectivity index (χ4v) is 7.89. The smallest absolute Gasteiger partial charge is 0.253 e. The average molecular weight is 488 g/mol. The molecule has 36 heavy (non-hydrogen) atoms. The highest BCUT2D eigenvalue weighted by Crippen LogP contribution is 2.61. The fraction of sp³-hybridized carbons (Fsp3) is 0.533. The van der Waals surface area contributed by atoms with E-state index in [4.69, 9.17) is 4.74 Å². The Hall–Kier alpha value is -3.02. The second-order valence-electron chi connectivity index (χ2n) is 11.7. The minimum Gasteiger partial charge on any atom is -0.497 e. The third-order valence-corrected chi connectivity index (χ3v) is 9.12. The molecule has 190 valence electrons. The summed E-state index contributed by atoms with van der Waals surface area (Å²) in [4.78, 5) is 30.0. The summed E-state index contributed by atoms with van der Waals surface area (Å²) in [6, 6.07) is 15.5. The predicted octanol–water partition coefficient (Wildman–Crippen LogP) is 5.20. The lowest BCUT2D eigenvalue weighted by Gasteiger charge is -2.56. The van der Waals surface area contributed by atoms with Gasteiger partial charge in [-0.15, -0.1) is 0 Å². The molecule has 2 aromatic carbocycles. The normalized spacial score (nSPS) is 28.8. The molecule has 0 atom stereocenters. The predicted molar refractivity (Wildman–Crippen MR) is 141 cm³/mol. The Balaban J connectivity index is 1.01. The lowest BCUT2D eigenvalue weighted by molar-refractivity contribution is -0.124. The van der Waals surface area contributed by atoms with Gasteiger partial charge in [0.15, 0.2) is 0 Å². The Kier molecular flexibility index (Phi) is 6.14. The molecule has 1 heterocycles. The number of carbonyl (C=O) groups is 2. The first-order valence-corrected chi connectivity index (χ1v) is 13.6. The number of nitrogens with one attached hydrogen (secondary N) is 1. The number of hydrogen-bond acceptors (Lipinski definition) is 4. The van der Waals surface area contributed by atoms with Gasteiger partial charge in [0.1, 0.15) is 5.75 Å². The van der Waals surface area contributed by atoms with Crippen LogP contribution in [0.4, 0.5) is 11.4 Å². The number of anilines is 2. The summed E-state index contributed by atoms with van der Waals surface area (Å²) in [6.07, 6.45) is 8.70. The summed E-state index contributed by atoms with van der Waals surface area (Å²) in [7, 11) is 1.62. The van der Waals surface area contributed by atoms with Crippen LogP contribution in [0.15, 0.2) is 48.5 Å². The molecule has 1 aliphatic heterocycles. The average Bonchev–Trinajstić information content (AvgIpc) is 2.88. The summed E-state index contributed by atoms with van der Waals surface area (Å²) >= 11 is 0. The summed E-state index contributed by atoms with van der Waals surface area (Å²) in [5.74, 6) is 3.61. The van der Waals surface area contributed by atoms with E-state index >= 15 is 0 Å². The van der Waals surface area contributed by atoms with Gasteiger partial charge in [0.05, 0.1) is 7.11 Å². The van der Waals surface area contributed by atoms with Crippen LogP contribution in [-0.4, -0.2) is 50.0 Å². The minimum absolute atomic E-state index is 0.0642. The van der Waals surface area contributed by atoms with Crippen molar-refractivity contribution in [2.24, 2.45) is 23.2 Å². The number of benzene rings is 2. The molecule has 1 N–H and O–H groups in total. The Morgan fingerprint density at radius 1 is 0.861 bits per heavy atom. The third kappa shape index (κ3) is 4.70. The van der Waals surface area contributed by atoms with E-state index in [1.54, 1.807) is 7.11 Å². The molecule has 7 rings (SSSR count). The van der Waals surface area contributed by atoms with Crippen molar-refractivity contribution in [3.63, 3.8) is 0 Å². The molecule has 5 fully saturated rings. The van der Waals surface area contributed by atoms with Crippen molar-refractivity contribution in [2.75, 3.05) is 43.5 Å². The van der Waals surface area contributed by atoms with Gasteiger partial charge in [-0.05, 0) is 110 Å². The molecule has 0 spiro atoms. The Morgan fingerprint density at radius 3 is 2.00 bits per heavy atom. The van der Waals surface area contributed by atoms with E-state index < -0.39 is 0 Å². The maximum Gasteiger partial charge on any atom is 0.253 e. The van der Waals surface area contributed by atoms with Gasteiger partial charge in [-0.3, -0.25) is 9.59 Å². The lowest BCUT2D eigenvalue weighted by Crippen LogP contribution is -2.48. The standard InChI is InChI=1S/C30H37N3O3/c1-36-27-8-2-24(3-9-27)29(35)33-12-10-32(11-13-33)26-6-4-25(5-7-26)31-28(34)20-30-17-21-14-22(18-30)16-23(15-21)19-30/h2-9,21-23H,10-20H2,1H3,(H,31,34). The van der Waals surface area contributed by atoms with Crippen molar-refractivity contribution in [1.29, 1.82) is 0 Å². The zero-order valence-corrected chi connectivity index (χ0v) is 21.2. The van der Waals surface area contributed by atoms with Crippen molar-refractivity contribution in [3.05, 3.63) is 54.1 Å². The molecule has 4 bridgehead atoms. The van der Waals surface area contributed by atoms with Crippen LogP contribution < -0.4 is 15.0 Å². The van der Waals surface area contributed by atoms with E-state index in [0.29, 0.717) is 25.1 Å². The number of rotatable bonds is 6. The molecule has 2 amide bonds. The highest BCUT2D eigenvalue weighted by atomic mass is 16.5. The van der Waals surface area contributed by atoms with Gasteiger partial charge in [0.25, 0.3) is 5.91 Å². The third-order valence-electron chi connectivity index (χ3n) is 9.12. The number of ether oxygens (including phenoxy) is 1. The molecule has 0 unspecified atom stereocenters. The van der Waals surface area contributed by atoms with Crippen LogP contribution in [0.5, 0.6) is 5.75 Å². The zero-order chi connectivity index (χ0) is 24.7. The van der Waals surface area contributed by atoms with Crippen molar-refractivity contribution >= 4 is 23.2 Å². The van der Waals surface area contributed by atoms with E-state index in [-0.39, 0.29) is 17.2 Å². The van der Waals surface area contributed by atoms with Crippen LogP contribution in [0, 0.1) is 23.2 Å². The minimum atomic E-state index is 0.0642. The highest BCUT2D eigenvalue weighted by Gasteiger charge is 2.51. The number of methoxy groups -OCH3 is 1. The molecule has 0 radical (unpaired) electrons. The van der Waals surface area contributed by atoms with Crippen molar-refractivity contribution in [1.82, 2.24) is 4.90 Å². The van der Waals surface area contributed by atoms with Gasteiger partial charge >= 0.3 is 0 Å². The van der Waals surface area contributed by atoms with E-state index in [1.165, 1.54) is 38.5 Å². The molecular weight excluding hydrogens is 450 g/mol. The van der Waals surface area contributed by atoms with Crippen molar-refractivity contribution < 1.29 is 14.3 Å². The monoisotopic (exact) mass is 487 g/mol. The SMILES string of the molecule is COc1ccc(C(=O)N2CCN(c3ccc(NC(=O)CC45CC6CC(CC(C6)C4)C5)cc3)CC2)cc1. The first kappa shape index (κ1) is 23.4.